The average Bonchev–Trinajstić information content (AvgIpc) is 3.02. The van der Waals surface area contributed by atoms with Gasteiger partial charge in [-0.05, 0) is 44.0 Å². The Balaban J connectivity index is 1.68. The molecule has 1 aromatic carbocycles. The predicted molar refractivity (Wildman–Crippen MR) is 80.8 cm³/mol. The fourth-order valence-electron chi connectivity index (χ4n) is 2.39. The van der Waals surface area contributed by atoms with E-state index in [2.05, 4.69) is 17.6 Å². The van der Waals surface area contributed by atoms with Crippen molar-refractivity contribution in [2.75, 3.05) is 18.5 Å². The van der Waals surface area contributed by atoms with Crippen LogP contribution in [0.4, 0.5) is 5.69 Å². The molecule has 0 aliphatic carbocycles. The summed E-state index contributed by atoms with van der Waals surface area (Å²) >= 11 is 0. The van der Waals surface area contributed by atoms with E-state index in [0.717, 1.165) is 19.4 Å². The maximum Gasteiger partial charge on any atom is 0.225 e. The number of carbonyl (C=O) groups is 1. The summed E-state index contributed by atoms with van der Waals surface area (Å²) in [5.41, 5.74) is 1.30. The second-order valence-electron chi connectivity index (χ2n) is 5.28. The number of hydrogen-bond donors (Lipinski definition) is 2. The largest absolute Gasteiger partial charge is 0.377 e. The molecule has 2 atom stereocenters. The third kappa shape index (κ3) is 4.85. The van der Waals surface area contributed by atoms with Crippen LogP contribution in [0.15, 0.2) is 24.3 Å². The Morgan fingerprint density at radius 3 is 2.86 bits per heavy atom. The van der Waals surface area contributed by atoms with Gasteiger partial charge in [0.15, 0.2) is 0 Å². The first-order valence-corrected chi connectivity index (χ1v) is 7.34. The summed E-state index contributed by atoms with van der Waals surface area (Å²) in [4.78, 5) is 11.8. The van der Waals surface area contributed by atoms with Crippen molar-refractivity contribution in [3.63, 3.8) is 0 Å². The monoisotopic (exact) mass is 287 g/mol. The van der Waals surface area contributed by atoms with Crippen molar-refractivity contribution in [1.29, 1.82) is 5.26 Å². The number of amides is 1. The van der Waals surface area contributed by atoms with Gasteiger partial charge < -0.3 is 15.4 Å². The van der Waals surface area contributed by atoms with Crippen molar-refractivity contribution >= 4 is 11.6 Å². The van der Waals surface area contributed by atoms with Gasteiger partial charge in [-0.2, -0.15) is 5.26 Å². The molecule has 0 aromatic heterocycles. The van der Waals surface area contributed by atoms with Crippen LogP contribution in [0, 0.1) is 11.3 Å². The number of nitrogens with one attached hydrogen (secondary N) is 2. The lowest BCUT2D eigenvalue weighted by Gasteiger charge is -2.19. The maximum atomic E-state index is 11.8. The molecule has 0 spiro atoms. The summed E-state index contributed by atoms with van der Waals surface area (Å²) in [6.45, 7) is 3.56. The molecule has 0 unspecified atom stereocenters. The van der Waals surface area contributed by atoms with Gasteiger partial charge in [0.1, 0.15) is 0 Å². The summed E-state index contributed by atoms with van der Waals surface area (Å²) in [6.07, 6.45) is 2.89. The Morgan fingerprint density at radius 2 is 2.24 bits per heavy atom. The molecule has 1 aliphatic heterocycles. The molecule has 1 heterocycles. The summed E-state index contributed by atoms with van der Waals surface area (Å²) < 4.78 is 5.60. The van der Waals surface area contributed by atoms with E-state index >= 15 is 0 Å². The summed E-state index contributed by atoms with van der Waals surface area (Å²) in [7, 11) is 0. The van der Waals surface area contributed by atoms with E-state index < -0.39 is 0 Å². The molecular weight excluding hydrogens is 266 g/mol. The van der Waals surface area contributed by atoms with E-state index in [4.69, 9.17) is 10.00 Å². The smallest absolute Gasteiger partial charge is 0.225 e. The first-order valence-electron chi connectivity index (χ1n) is 7.34. The molecule has 0 radical (unpaired) electrons. The molecule has 5 heteroatoms. The molecule has 0 saturated carbocycles. The van der Waals surface area contributed by atoms with E-state index in [0.29, 0.717) is 24.2 Å². The molecule has 5 nitrogen and oxygen atoms in total. The second-order valence-corrected chi connectivity index (χ2v) is 5.28. The van der Waals surface area contributed by atoms with Crippen LogP contribution < -0.4 is 10.6 Å². The van der Waals surface area contributed by atoms with Gasteiger partial charge in [0.2, 0.25) is 5.91 Å². The first-order chi connectivity index (χ1) is 10.2. The molecule has 1 saturated heterocycles. The van der Waals surface area contributed by atoms with E-state index in [1.165, 1.54) is 0 Å². The van der Waals surface area contributed by atoms with Gasteiger partial charge in [-0.3, -0.25) is 4.79 Å². The standard InChI is InChI=1S/C16H21N3O2/c1-12(15-3-2-10-21-15)18-9-8-16(20)19-14-6-4-13(11-17)5-7-14/h4-7,12,15,18H,2-3,8-10H2,1H3,(H,19,20)/t12-,15-/m0/s1. The molecule has 21 heavy (non-hydrogen) atoms. The molecule has 0 bridgehead atoms. The van der Waals surface area contributed by atoms with Crippen LogP contribution in [0.25, 0.3) is 0 Å². The fourth-order valence-corrected chi connectivity index (χ4v) is 2.39. The third-order valence-electron chi connectivity index (χ3n) is 3.64. The summed E-state index contributed by atoms with van der Waals surface area (Å²) in [5, 5.41) is 14.9. The van der Waals surface area contributed by atoms with Gasteiger partial charge in [0.05, 0.1) is 17.7 Å². The van der Waals surface area contributed by atoms with Gasteiger partial charge in [0, 0.05) is 31.3 Å². The Morgan fingerprint density at radius 1 is 1.48 bits per heavy atom. The van der Waals surface area contributed by atoms with Gasteiger partial charge >= 0.3 is 0 Å². The zero-order valence-corrected chi connectivity index (χ0v) is 12.3. The minimum Gasteiger partial charge on any atom is -0.377 e. The number of carbonyl (C=O) groups excluding carboxylic acids is 1. The Hall–Kier alpha value is -1.90. The van der Waals surface area contributed by atoms with Crippen molar-refractivity contribution in [3.05, 3.63) is 29.8 Å². The predicted octanol–water partition coefficient (Wildman–Crippen LogP) is 2.04. The van der Waals surface area contributed by atoms with Crippen LogP contribution in [0.3, 0.4) is 0 Å². The fraction of sp³-hybridized carbons (Fsp3) is 0.500. The number of rotatable bonds is 6. The molecular formula is C16H21N3O2. The molecule has 1 fully saturated rings. The highest BCUT2D eigenvalue weighted by atomic mass is 16.5. The lowest BCUT2D eigenvalue weighted by Crippen LogP contribution is -2.38. The van der Waals surface area contributed by atoms with Crippen LogP contribution in [0.5, 0.6) is 0 Å². The second kappa shape index (κ2) is 7.77. The van der Waals surface area contributed by atoms with E-state index in [-0.39, 0.29) is 18.1 Å². The minimum atomic E-state index is -0.0354. The number of nitrogens with zero attached hydrogens (tertiary/aromatic N) is 1. The normalized spacial score (nSPS) is 19.0. The van der Waals surface area contributed by atoms with Crippen molar-refractivity contribution in [2.45, 2.75) is 38.3 Å². The number of benzene rings is 1. The molecule has 1 amide bonds. The lowest BCUT2D eigenvalue weighted by atomic mass is 10.1. The molecule has 112 valence electrons. The van der Waals surface area contributed by atoms with E-state index in [1.807, 2.05) is 6.07 Å². The summed E-state index contributed by atoms with van der Waals surface area (Å²) in [6, 6.07) is 9.17. The van der Waals surface area contributed by atoms with Crippen LogP contribution in [0.1, 0.15) is 31.7 Å². The third-order valence-corrected chi connectivity index (χ3v) is 3.64. The van der Waals surface area contributed by atoms with Crippen LogP contribution in [-0.2, 0) is 9.53 Å². The van der Waals surface area contributed by atoms with Crippen molar-refractivity contribution in [3.8, 4) is 6.07 Å². The number of ether oxygens (including phenoxy) is 1. The number of nitriles is 1. The molecule has 2 rings (SSSR count). The number of anilines is 1. The van der Waals surface area contributed by atoms with Crippen LogP contribution in [0.2, 0.25) is 0 Å². The Bertz CT molecular complexity index is 501. The highest BCUT2D eigenvalue weighted by Crippen LogP contribution is 2.15. The van der Waals surface area contributed by atoms with Crippen LogP contribution in [-0.4, -0.2) is 31.2 Å². The van der Waals surface area contributed by atoms with Crippen molar-refractivity contribution in [1.82, 2.24) is 5.32 Å². The number of hydrogen-bond acceptors (Lipinski definition) is 4. The first kappa shape index (κ1) is 15.5. The van der Waals surface area contributed by atoms with Gasteiger partial charge in [-0.25, -0.2) is 0 Å². The van der Waals surface area contributed by atoms with Gasteiger partial charge in [-0.1, -0.05) is 0 Å². The molecule has 2 N–H and O–H groups in total. The SMILES string of the molecule is C[C@H](NCCC(=O)Nc1ccc(C#N)cc1)[C@@H]1CCCO1. The highest BCUT2D eigenvalue weighted by molar-refractivity contribution is 5.90. The van der Waals surface area contributed by atoms with E-state index in [1.54, 1.807) is 24.3 Å². The maximum absolute atomic E-state index is 11.8. The van der Waals surface area contributed by atoms with E-state index in [9.17, 15) is 4.79 Å². The van der Waals surface area contributed by atoms with Gasteiger partial charge in [0.25, 0.3) is 0 Å². The zero-order chi connectivity index (χ0) is 15.1. The summed E-state index contributed by atoms with van der Waals surface area (Å²) in [5.74, 6) is -0.0354. The highest BCUT2D eigenvalue weighted by Gasteiger charge is 2.21. The Kier molecular flexibility index (Phi) is 5.73. The Labute approximate surface area is 125 Å². The van der Waals surface area contributed by atoms with Crippen LogP contribution >= 0.6 is 0 Å². The van der Waals surface area contributed by atoms with Crippen molar-refractivity contribution < 1.29 is 9.53 Å². The lowest BCUT2D eigenvalue weighted by molar-refractivity contribution is -0.116. The minimum absolute atomic E-state index is 0.0354. The van der Waals surface area contributed by atoms with Crippen molar-refractivity contribution in [2.24, 2.45) is 0 Å². The quantitative estimate of drug-likeness (QED) is 0.839. The zero-order valence-electron chi connectivity index (χ0n) is 12.3. The molecule has 1 aliphatic rings. The topological polar surface area (TPSA) is 74.2 Å². The average molecular weight is 287 g/mol. The van der Waals surface area contributed by atoms with Gasteiger partial charge in [-0.15, -0.1) is 0 Å². The molecule has 1 aromatic rings.